The minimum absolute atomic E-state index is 0.235. The van der Waals surface area contributed by atoms with Gasteiger partial charge < -0.3 is 5.32 Å². The lowest BCUT2D eigenvalue weighted by molar-refractivity contribution is -0.149. The monoisotopic (exact) mass is 312 g/mol. The van der Waals surface area contributed by atoms with Crippen LogP contribution in [-0.4, -0.2) is 41.6 Å². The molecule has 22 heavy (non-hydrogen) atoms. The second-order valence-electron chi connectivity index (χ2n) is 5.19. The Bertz CT molecular complexity index is 574. The molecule has 1 aliphatic heterocycles. The molecule has 1 amide bonds. The number of nitrogens with one attached hydrogen (secondary N) is 1. The van der Waals surface area contributed by atoms with Crippen LogP contribution < -0.4 is 5.32 Å². The van der Waals surface area contributed by atoms with Gasteiger partial charge in [0.25, 0.3) is 0 Å². The third-order valence-electron chi connectivity index (χ3n) is 3.56. The number of anilines is 1. The number of alkyl halides is 3. The van der Waals surface area contributed by atoms with Crippen LogP contribution in [0.2, 0.25) is 0 Å². The van der Waals surface area contributed by atoms with Gasteiger partial charge in [-0.25, -0.2) is 0 Å². The smallest absolute Gasteiger partial charge is 0.325 e. The van der Waals surface area contributed by atoms with Crippen LogP contribution in [0.15, 0.2) is 18.5 Å². The first-order chi connectivity index (χ1) is 10.4. The first-order valence-electron chi connectivity index (χ1n) is 6.83. The summed E-state index contributed by atoms with van der Waals surface area (Å²) in [5, 5.41) is 11.6. The maximum Gasteiger partial charge on any atom is 0.401 e. The molecular weight excluding hydrogens is 297 g/mol. The summed E-state index contributed by atoms with van der Waals surface area (Å²) in [6, 6.07) is 3.45. The molecule has 1 saturated heterocycles. The average molecular weight is 312 g/mol. The molecular formula is C14H15F3N4O. The van der Waals surface area contributed by atoms with Crippen LogP contribution >= 0.6 is 0 Å². The highest BCUT2D eigenvalue weighted by atomic mass is 19.4. The molecule has 2 heterocycles. The Kier molecular flexibility index (Phi) is 4.98. The van der Waals surface area contributed by atoms with Crippen molar-refractivity contribution < 1.29 is 18.0 Å². The number of hydrogen-bond acceptors (Lipinski definition) is 4. The van der Waals surface area contributed by atoms with E-state index in [2.05, 4.69) is 10.3 Å². The Morgan fingerprint density at radius 2 is 2.14 bits per heavy atom. The highest BCUT2D eigenvalue weighted by Gasteiger charge is 2.33. The lowest BCUT2D eigenvalue weighted by Crippen LogP contribution is -2.42. The van der Waals surface area contributed by atoms with E-state index in [9.17, 15) is 18.0 Å². The van der Waals surface area contributed by atoms with E-state index >= 15 is 0 Å². The molecule has 0 saturated carbocycles. The summed E-state index contributed by atoms with van der Waals surface area (Å²) in [5.74, 6) is -0.612. The third kappa shape index (κ3) is 4.43. The highest BCUT2D eigenvalue weighted by molar-refractivity contribution is 5.93. The fourth-order valence-corrected chi connectivity index (χ4v) is 2.43. The van der Waals surface area contributed by atoms with E-state index in [1.165, 1.54) is 23.4 Å². The van der Waals surface area contributed by atoms with Crippen molar-refractivity contribution in [2.24, 2.45) is 5.92 Å². The number of hydrogen-bond donors (Lipinski definition) is 1. The quantitative estimate of drug-likeness (QED) is 0.928. The van der Waals surface area contributed by atoms with Crippen molar-refractivity contribution in [1.82, 2.24) is 9.88 Å². The number of rotatable bonds is 3. The van der Waals surface area contributed by atoms with Gasteiger partial charge in [0.15, 0.2) is 0 Å². The number of carbonyl (C=O) groups excluding carboxylic acids is 1. The number of aromatic nitrogens is 1. The van der Waals surface area contributed by atoms with Crippen LogP contribution in [0.4, 0.5) is 18.9 Å². The second kappa shape index (κ2) is 6.75. The zero-order valence-corrected chi connectivity index (χ0v) is 11.7. The molecule has 1 aromatic heterocycles. The Morgan fingerprint density at radius 3 is 2.73 bits per heavy atom. The zero-order chi connectivity index (χ0) is 16.2. The van der Waals surface area contributed by atoms with Crippen LogP contribution in [0.1, 0.15) is 18.4 Å². The summed E-state index contributed by atoms with van der Waals surface area (Å²) >= 11 is 0. The van der Waals surface area contributed by atoms with Gasteiger partial charge in [-0.15, -0.1) is 0 Å². The number of nitriles is 1. The number of nitrogens with zero attached hydrogens (tertiary/aromatic N) is 3. The number of amides is 1. The Morgan fingerprint density at radius 1 is 1.45 bits per heavy atom. The Balaban J connectivity index is 1.89. The normalized spacial score (nSPS) is 17.0. The van der Waals surface area contributed by atoms with Crippen LogP contribution in [0.5, 0.6) is 0 Å². The van der Waals surface area contributed by atoms with Crippen molar-refractivity contribution in [3.8, 4) is 6.07 Å². The van der Waals surface area contributed by atoms with Gasteiger partial charge in [0, 0.05) is 18.3 Å². The summed E-state index contributed by atoms with van der Waals surface area (Å²) in [4.78, 5) is 17.2. The predicted octanol–water partition coefficient (Wildman–Crippen LogP) is 2.17. The predicted molar refractivity (Wildman–Crippen MR) is 72.8 cm³/mol. The summed E-state index contributed by atoms with van der Waals surface area (Å²) in [6.45, 7) is -0.470. The van der Waals surface area contributed by atoms with Gasteiger partial charge in [-0.3, -0.25) is 14.7 Å². The van der Waals surface area contributed by atoms with E-state index in [1.54, 1.807) is 0 Å². The minimum Gasteiger partial charge on any atom is -0.325 e. The lowest BCUT2D eigenvalue weighted by atomic mass is 9.95. The summed E-state index contributed by atoms with van der Waals surface area (Å²) in [6.07, 6.45) is -0.665. The maximum absolute atomic E-state index is 12.3. The Labute approximate surface area is 125 Å². The SMILES string of the molecule is N#Cc1cnccc1NC(=O)C1CCN(CC(F)(F)F)CC1. The van der Waals surface area contributed by atoms with E-state index in [-0.39, 0.29) is 30.5 Å². The largest absolute Gasteiger partial charge is 0.401 e. The van der Waals surface area contributed by atoms with E-state index < -0.39 is 12.7 Å². The van der Waals surface area contributed by atoms with E-state index in [4.69, 9.17) is 5.26 Å². The second-order valence-corrected chi connectivity index (χ2v) is 5.19. The molecule has 0 aromatic carbocycles. The molecule has 0 aliphatic carbocycles. The average Bonchev–Trinajstić information content (AvgIpc) is 2.47. The third-order valence-corrected chi connectivity index (χ3v) is 3.56. The molecule has 0 atom stereocenters. The van der Waals surface area contributed by atoms with Crippen LogP contribution in [0.25, 0.3) is 0 Å². The molecule has 0 unspecified atom stereocenters. The molecule has 2 rings (SSSR count). The molecule has 1 fully saturated rings. The molecule has 1 N–H and O–H groups in total. The lowest BCUT2D eigenvalue weighted by Gasteiger charge is -2.31. The standard InChI is InChI=1S/C14H15F3N4O/c15-14(16,17)9-21-5-2-10(3-6-21)13(22)20-12-1-4-19-8-11(12)7-18/h1,4,8,10H,2-3,5-6,9H2,(H,19,20,22). The molecule has 0 spiro atoms. The number of pyridine rings is 1. The molecule has 8 heteroatoms. The van der Waals surface area contributed by atoms with Gasteiger partial charge in [-0.2, -0.15) is 18.4 Å². The van der Waals surface area contributed by atoms with Gasteiger partial charge >= 0.3 is 6.18 Å². The van der Waals surface area contributed by atoms with E-state index in [0.717, 1.165) is 0 Å². The summed E-state index contributed by atoms with van der Waals surface area (Å²) in [5.41, 5.74) is 0.630. The zero-order valence-electron chi connectivity index (χ0n) is 11.7. The van der Waals surface area contributed by atoms with Crippen LogP contribution in [-0.2, 0) is 4.79 Å². The van der Waals surface area contributed by atoms with Crippen LogP contribution in [0, 0.1) is 17.2 Å². The van der Waals surface area contributed by atoms with Crippen molar-refractivity contribution >= 4 is 11.6 Å². The van der Waals surface area contributed by atoms with Crippen LogP contribution in [0.3, 0.4) is 0 Å². The van der Waals surface area contributed by atoms with E-state index in [0.29, 0.717) is 18.5 Å². The summed E-state index contributed by atoms with van der Waals surface area (Å²) < 4.78 is 36.9. The van der Waals surface area contributed by atoms with Gasteiger partial charge in [0.05, 0.1) is 17.8 Å². The molecule has 5 nitrogen and oxygen atoms in total. The van der Waals surface area contributed by atoms with Gasteiger partial charge in [0.2, 0.25) is 5.91 Å². The topological polar surface area (TPSA) is 69.0 Å². The van der Waals surface area contributed by atoms with Crippen molar-refractivity contribution in [3.05, 3.63) is 24.0 Å². The molecule has 1 aromatic rings. The number of carbonyl (C=O) groups is 1. The first-order valence-corrected chi connectivity index (χ1v) is 6.83. The number of piperidine rings is 1. The molecule has 0 bridgehead atoms. The molecule has 118 valence electrons. The van der Waals surface area contributed by atoms with Crippen molar-refractivity contribution in [3.63, 3.8) is 0 Å². The van der Waals surface area contributed by atoms with E-state index in [1.807, 2.05) is 6.07 Å². The maximum atomic E-state index is 12.3. The van der Waals surface area contributed by atoms with Crippen molar-refractivity contribution in [1.29, 1.82) is 5.26 Å². The molecule has 1 aliphatic rings. The van der Waals surface area contributed by atoms with Crippen molar-refractivity contribution in [2.75, 3.05) is 25.0 Å². The van der Waals surface area contributed by atoms with Gasteiger partial charge in [0.1, 0.15) is 6.07 Å². The number of halogens is 3. The number of likely N-dealkylation sites (tertiary alicyclic amines) is 1. The fraction of sp³-hybridized carbons (Fsp3) is 0.500. The Hall–Kier alpha value is -2.14. The molecule has 0 radical (unpaired) electrons. The van der Waals surface area contributed by atoms with Gasteiger partial charge in [-0.05, 0) is 32.0 Å². The van der Waals surface area contributed by atoms with Crippen molar-refractivity contribution in [2.45, 2.75) is 19.0 Å². The summed E-state index contributed by atoms with van der Waals surface area (Å²) in [7, 11) is 0. The minimum atomic E-state index is -4.21. The first kappa shape index (κ1) is 16.2. The highest BCUT2D eigenvalue weighted by Crippen LogP contribution is 2.24. The fourth-order valence-electron chi connectivity index (χ4n) is 2.43. The van der Waals surface area contributed by atoms with Gasteiger partial charge in [-0.1, -0.05) is 0 Å².